The number of amides is 4. The van der Waals surface area contributed by atoms with Crippen molar-refractivity contribution in [2.24, 2.45) is 11.8 Å². The molecule has 0 saturated carbocycles. The molecule has 0 radical (unpaired) electrons. The molecule has 3 aliphatic heterocycles. The van der Waals surface area contributed by atoms with Gasteiger partial charge in [0.1, 0.15) is 23.7 Å². The van der Waals surface area contributed by atoms with Crippen LogP contribution >= 0.6 is 0 Å². The van der Waals surface area contributed by atoms with Gasteiger partial charge in [-0.15, -0.1) is 0 Å². The van der Waals surface area contributed by atoms with E-state index in [0.29, 0.717) is 13.1 Å². The molecule has 15 nitrogen and oxygen atoms in total. The molecular formula is C47H61N9O6. The van der Waals surface area contributed by atoms with Crippen LogP contribution in [0, 0.1) is 11.8 Å². The van der Waals surface area contributed by atoms with E-state index in [-0.39, 0.29) is 41.1 Å². The van der Waals surface area contributed by atoms with Crippen molar-refractivity contribution in [3.8, 4) is 33.6 Å². The number of likely N-dealkylation sites (tertiary alicyclic amines) is 3. The van der Waals surface area contributed by atoms with Crippen LogP contribution in [-0.4, -0.2) is 118 Å². The lowest BCUT2D eigenvalue weighted by molar-refractivity contribution is -0.136. The molecule has 4 aliphatic rings. The van der Waals surface area contributed by atoms with Crippen molar-refractivity contribution in [2.45, 2.75) is 102 Å². The van der Waals surface area contributed by atoms with Crippen LogP contribution in [0.5, 0.6) is 0 Å². The van der Waals surface area contributed by atoms with Crippen molar-refractivity contribution in [1.82, 2.24) is 45.3 Å². The first-order chi connectivity index (χ1) is 29.8. The van der Waals surface area contributed by atoms with Crippen LogP contribution in [0.4, 0.5) is 9.59 Å². The number of rotatable bonds is 11. The lowest BCUT2D eigenvalue weighted by atomic mass is 9.77. The molecule has 1 unspecified atom stereocenters. The summed E-state index contributed by atoms with van der Waals surface area (Å²) in [6.07, 6.45) is 8.95. The fourth-order valence-corrected chi connectivity index (χ4v) is 10.5. The van der Waals surface area contributed by atoms with E-state index in [2.05, 4.69) is 68.9 Å². The number of ether oxygens (including phenoxy) is 2. The first-order valence-corrected chi connectivity index (χ1v) is 22.2. The van der Waals surface area contributed by atoms with Crippen molar-refractivity contribution < 1.29 is 28.7 Å². The highest BCUT2D eigenvalue weighted by Crippen LogP contribution is 2.52. The number of alkyl carbamates (subject to hydrolysis) is 2. The third-order valence-electron chi connectivity index (χ3n) is 13.7. The zero-order valence-electron chi connectivity index (χ0n) is 37.0. The van der Waals surface area contributed by atoms with Crippen LogP contribution in [0.2, 0.25) is 0 Å². The van der Waals surface area contributed by atoms with Crippen LogP contribution in [0.25, 0.3) is 33.6 Å². The van der Waals surface area contributed by atoms with E-state index < -0.39 is 24.3 Å². The predicted molar refractivity (Wildman–Crippen MR) is 235 cm³/mol. The minimum absolute atomic E-state index is 0.0495. The number of hydrogen-bond acceptors (Lipinski definition) is 9. The number of carbonyl (C=O) groups excluding carboxylic acids is 4. The molecule has 2 aromatic heterocycles. The lowest BCUT2D eigenvalue weighted by Crippen LogP contribution is -2.51. The van der Waals surface area contributed by atoms with Gasteiger partial charge in [0.2, 0.25) is 11.8 Å². The molecule has 5 atom stereocenters. The second-order valence-electron chi connectivity index (χ2n) is 18.3. The van der Waals surface area contributed by atoms with Gasteiger partial charge in [-0.3, -0.25) is 9.59 Å². The van der Waals surface area contributed by atoms with E-state index in [9.17, 15) is 19.2 Å². The minimum Gasteiger partial charge on any atom is -0.453 e. The molecule has 3 saturated heterocycles. The maximum Gasteiger partial charge on any atom is 0.407 e. The number of aromatic nitrogens is 4. The molecule has 3 fully saturated rings. The molecule has 8 rings (SSSR count). The van der Waals surface area contributed by atoms with Gasteiger partial charge in [-0.1, -0.05) is 64.1 Å². The van der Waals surface area contributed by atoms with Gasteiger partial charge in [0.25, 0.3) is 0 Å². The molecule has 1 spiro atoms. The first-order valence-electron chi connectivity index (χ1n) is 22.2. The number of H-pyrrole nitrogens is 2. The van der Waals surface area contributed by atoms with E-state index >= 15 is 0 Å². The number of fused-ring (bicyclic) bond motifs is 2. The number of imidazole rings is 2. The van der Waals surface area contributed by atoms with Gasteiger partial charge < -0.3 is 44.8 Å². The monoisotopic (exact) mass is 847 g/mol. The van der Waals surface area contributed by atoms with Crippen molar-refractivity contribution in [3.05, 3.63) is 71.6 Å². The summed E-state index contributed by atoms with van der Waals surface area (Å²) >= 11 is 0. The normalized spacial score (nSPS) is 22.1. The van der Waals surface area contributed by atoms with E-state index in [0.717, 1.165) is 97.8 Å². The van der Waals surface area contributed by atoms with Crippen molar-refractivity contribution in [2.75, 3.05) is 47.4 Å². The van der Waals surface area contributed by atoms with Crippen LogP contribution in [0.15, 0.2) is 48.8 Å². The Kier molecular flexibility index (Phi) is 12.2. The summed E-state index contributed by atoms with van der Waals surface area (Å²) < 4.78 is 9.62. The number of methoxy groups -OCH3 is 2. The Labute approximate surface area is 363 Å². The minimum atomic E-state index is -0.693. The zero-order chi connectivity index (χ0) is 43.9. The van der Waals surface area contributed by atoms with E-state index in [4.69, 9.17) is 19.4 Å². The molecule has 2 aromatic carbocycles. The summed E-state index contributed by atoms with van der Waals surface area (Å²) in [6, 6.07) is 11.4. The summed E-state index contributed by atoms with van der Waals surface area (Å²) in [5.74, 6) is 1.02. The van der Waals surface area contributed by atoms with Crippen molar-refractivity contribution in [3.63, 3.8) is 0 Å². The van der Waals surface area contributed by atoms with Gasteiger partial charge >= 0.3 is 12.2 Å². The highest BCUT2D eigenvalue weighted by atomic mass is 16.5. The number of nitrogens with zero attached hydrogens (tertiary/aromatic N) is 5. The molecule has 4 aromatic rings. The van der Waals surface area contributed by atoms with E-state index in [1.807, 2.05) is 49.9 Å². The Hall–Kier alpha value is -5.70. The van der Waals surface area contributed by atoms with Gasteiger partial charge in [0, 0.05) is 30.6 Å². The number of hydrogen-bond donors (Lipinski definition) is 4. The number of likely N-dealkylation sites (N-methyl/N-ethyl adjacent to an activating group) is 1. The Morgan fingerprint density at radius 1 is 0.710 bits per heavy atom. The van der Waals surface area contributed by atoms with Crippen LogP contribution in [-0.2, 0) is 30.9 Å². The fourth-order valence-electron chi connectivity index (χ4n) is 10.5. The molecule has 5 heterocycles. The zero-order valence-corrected chi connectivity index (χ0v) is 37.0. The van der Waals surface area contributed by atoms with E-state index in [1.165, 1.54) is 30.9 Å². The number of nitrogens with one attached hydrogen (secondary N) is 4. The molecule has 4 amide bonds. The molecule has 62 heavy (non-hydrogen) atoms. The quantitative estimate of drug-likeness (QED) is 0.127. The first kappa shape index (κ1) is 43.0. The van der Waals surface area contributed by atoms with Gasteiger partial charge in [0.05, 0.1) is 50.1 Å². The third-order valence-corrected chi connectivity index (χ3v) is 13.7. The summed E-state index contributed by atoms with van der Waals surface area (Å²) in [6.45, 7) is 10.9. The summed E-state index contributed by atoms with van der Waals surface area (Å²) in [4.78, 5) is 74.7. The van der Waals surface area contributed by atoms with Crippen molar-refractivity contribution in [1.29, 1.82) is 0 Å². The molecule has 4 N–H and O–H groups in total. The SMILES string of the molecule is COC(=O)N[C@H](C(=O)N1CCC[C@@H]1c1ncc(-c2ccc(-c3ccc(-c4cnc([C@H]5CCCN5C(=O)[C@@H](NC(=O)OC)C(C)C)[nH]4)c4c3C3(CC4)CCN(C)C3)cc2)[nH]1)C(C)C. The maximum atomic E-state index is 13.8. The summed E-state index contributed by atoms with van der Waals surface area (Å²) in [5, 5.41) is 5.47. The second-order valence-corrected chi connectivity index (χ2v) is 18.3. The van der Waals surface area contributed by atoms with Gasteiger partial charge in [-0.2, -0.15) is 0 Å². The van der Waals surface area contributed by atoms with Gasteiger partial charge in [0.15, 0.2) is 0 Å². The largest absolute Gasteiger partial charge is 0.453 e. The smallest absolute Gasteiger partial charge is 0.407 e. The standard InChI is InChI=1S/C47H61N9O6/c1-27(2)39(52-45(59)61-6)43(57)55-21-8-10-36(55)41-48-24-34(50-41)30-14-12-29(13-15-30)31-16-17-32(33-18-19-47(38(31)33)20-23-54(5)26-47)35-25-49-42(51-35)37-11-9-22-56(37)44(58)40(28(3)4)53-46(60)62-7/h12-17,24-25,27-28,36-37,39-40H,8-11,18-23,26H2,1-7H3,(H,48,50)(H,49,51)(H,52,59)(H,53,60)/t36-,37-,39+,40+,47?/m1/s1. The molecule has 1 aliphatic carbocycles. The predicted octanol–water partition coefficient (Wildman–Crippen LogP) is 6.74. The van der Waals surface area contributed by atoms with Gasteiger partial charge in [-0.25, -0.2) is 19.6 Å². The van der Waals surface area contributed by atoms with Gasteiger partial charge in [-0.05, 0) is 98.2 Å². The number of benzene rings is 2. The third kappa shape index (κ3) is 8.07. The number of carbonyl (C=O) groups is 4. The summed E-state index contributed by atoms with van der Waals surface area (Å²) in [7, 11) is 4.82. The average molecular weight is 848 g/mol. The maximum absolute atomic E-state index is 13.8. The van der Waals surface area contributed by atoms with Crippen molar-refractivity contribution >= 4 is 24.0 Å². The van der Waals surface area contributed by atoms with Crippen LogP contribution in [0.1, 0.15) is 101 Å². The Bertz CT molecular complexity index is 2300. The fraction of sp³-hybridized carbons (Fsp3) is 0.532. The Morgan fingerprint density at radius 2 is 1.23 bits per heavy atom. The van der Waals surface area contributed by atoms with Crippen LogP contribution in [0.3, 0.4) is 0 Å². The molecular weight excluding hydrogens is 787 g/mol. The highest BCUT2D eigenvalue weighted by Gasteiger charge is 2.46. The van der Waals surface area contributed by atoms with Crippen LogP contribution < -0.4 is 10.6 Å². The molecule has 0 bridgehead atoms. The lowest BCUT2D eigenvalue weighted by Gasteiger charge is -2.30. The number of aromatic amines is 2. The second kappa shape index (κ2) is 17.6. The van der Waals surface area contributed by atoms with E-state index in [1.54, 1.807) is 0 Å². The molecule has 330 valence electrons. The Balaban J connectivity index is 1.05. The Morgan fingerprint density at radius 3 is 1.74 bits per heavy atom. The highest BCUT2D eigenvalue weighted by molar-refractivity contribution is 5.87. The average Bonchev–Trinajstić information content (AvgIpc) is 4.13. The molecule has 15 heteroatoms. The topological polar surface area (TPSA) is 178 Å². The summed E-state index contributed by atoms with van der Waals surface area (Å²) in [5.41, 5.74) is 9.22.